The van der Waals surface area contributed by atoms with Crippen LogP contribution in [0.3, 0.4) is 0 Å². The molecule has 2 atom stereocenters. The van der Waals surface area contributed by atoms with E-state index in [4.69, 9.17) is 15.2 Å². The molecule has 2 rings (SSSR count). The second-order valence-electron chi connectivity index (χ2n) is 5.18. The van der Waals surface area contributed by atoms with Crippen LogP contribution in [0, 0.1) is 0 Å². The van der Waals surface area contributed by atoms with Crippen LogP contribution in [0.5, 0.6) is 5.75 Å². The van der Waals surface area contributed by atoms with Crippen molar-refractivity contribution in [2.24, 2.45) is 5.73 Å². The zero-order valence-corrected chi connectivity index (χ0v) is 14.0. The molecular weight excluding hydrogens is 322 g/mol. The summed E-state index contributed by atoms with van der Waals surface area (Å²) in [5.41, 5.74) is 6.42. The Bertz CT molecular complexity index is 555. The summed E-state index contributed by atoms with van der Waals surface area (Å²) in [6.07, 6.45) is 0.253. The summed E-state index contributed by atoms with van der Waals surface area (Å²) < 4.78 is 10.0. The standard InChI is InChI=1S/C15H21N3O4.ClH/c1-21-9-13(16)15(20)17-10-6-14(19)18(8-10)11-4-3-5-12(7-11)22-2;/h3-5,7,10,13H,6,8-9,16H2,1-2H3,(H,17,20);1H. The molecule has 128 valence electrons. The van der Waals surface area contributed by atoms with Crippen molar-refractivity contribution in [3.8, 4) is 5.75 Å². The molecular formula is C15H22ClN3O4. The zero-order valence-electron chi connectivity index (χ0n) is 13.2. The van der Waals surface area contributed by atoms with E-state index in [1.54, 1.807) is 18.1 Å². The molecule has 3 N–H and O–H groups in total. The summed E-state index contributed by atoms with van der Waals surface area (Å²) in [6, 6.07) is 6.27. The van der Waals surface area contributed by atoms with Gasteiger partial charge in [-0.2, -0.15) is 0 Å². The molecule has 0 aliphatic carbocycles. The van der Waals surface area contributed by atoms with Crippen molar-refractivity contribution in [1.82, 2.24) is 5.32 Å². The van der Waals surface area contributed by atoms with Crippen LogP contribution in [0.25, 0.3) is 0 Å². The number of rotatable bonds is 6. The molecule has 1 aromatic rings. The number of amides is 2. The van der Waals surface area contributed by atoms with Crippen molar-refractivity contribution < 1.29 is 19.1 Å². The van der Waals surface area contributed by atoms with Gasteiger partial charge in [-0.05, 0) is 12.1 Å². The van der Waals surface area contributed by atoms with E-state index in [1.165, 1.54) is 7.11 Å². The molecule has 7 nitrogen and oxygen atoms in total. The Labute approximate surface area is 141 Å². The first kappa shape index (κ1) is 19.2. The zero-order chi connectivity index (χ0) is 16.1. The summed E-state index contributed by atoms with van der Waals surface area (Å²) in [7, 11) is 3.06. The van der Waals surface area contributed by atoms with Crippen LogP contribution in [-0.2, 0) is 14.3 Å². The monoisotopic (exact) mass is 343 g/mol. The van der Waals surface area contributed by atoms with Gasteiger partial charge >= 0.3 is 0 Å². The lowest BCUT2D eigenvalue weighted by molar-refractivity contribution is -0.124. The predicted octanol–water partition coefficient (Wildman–Crippen LogP) is 0.312. The molecule has 2 unspecified atom stereocenters. The number of nitrogens with one attached hydrogen (secondary N) is 1. The van der Waals surface area contributed by atoms with Crippen LogP contribution in [-0.4, -0.2) is 51.3 Å². The number of nitrogens with zero attached hydrogens (tertiary/aromatic N) is 1. The summed E-state index contributed by atoms with van der Waals surface area (Å²) in [6.45, 7) is 0.559. The molecule has 0 bridgehead atoms. The lowest BCUT2D eigenvalue weighted by Crippen LogP contribution is -2.48. The molecule has 1 saturated heterocycles. The van der Waals surface area contributed by atoms with Crippen molar-refractivity contribution in [2.75, 3.05) is 32.3 Å². The molecule has 1 aliphatic heterocycles. The maximum absolute atomic E-state index is 12.1. The van der Waals surface area contributed by atoms with Crippen molar-refractivity contribution in [2.45, 2.75) is 18.5 Å². The number of benzene rings is 1. The minimum Gasteiger partial charge on any atom is -0.497 e. The highest BCUT2D eigenvalue weighted by Gasteiger charge is 2.32. The number of carbonyl (C=O) groups is 2. The highest BCUT2D eigenvalue weighted by atomic mass is 35.5. The molecule has 0 saturated carbocycles. The predicted molar refractivity (Wildman–Crippen MR) is 89.0 cm³/mol. The van der Waals surface area contributed by atoms with Gasteiger partial charge in [0.2, 0.25) is 11.8 Å². The van der Waals surface area contributed by atoms with E-state index in [-0.39, 0.29) is 43.3 Å². The van der Waals surface area contributed by atoms with Gasteiger partial charge in [-0.25, -0.2) is 0 Å². The Morgan fingerprint density at radius 3 is 2.87 bits per heavy atom. The van der Waals surface area contributed by atoms with Gasteiger partial charge in [-0.15, -0.1) is 12.4 Å². The number of nitrogens with two attached hydrogens (primary N) is 1. The maximum Gasteiger partial charge on any atom is 0.239 e. The van der Waals surface area contributed by atoms with Gasteiger partial charge in [0.25, 0.3) is 0 Å². The van der Waals surface area contributed by atoms with Gasteiger partial charge < -0.3 is 25.4 Å². The molecule has 8 heteroatoms. The number of hydrogen-bond acceptors (Lipinski definition) is 5. The molecule has 1 fully saturated rings. The fourth-order valence-electron chi connectivity index (χ4n) is 2.40. The summed E-state index contributed by atoms with van der Waals surface area (Å²) in [5.74, 6) is 0.325. The number of halogens is 1. The Balaban J connectivity index is 0.00000264. The maximum atomic E-state index is 12.1. The minimum absolute atomic E-state index is 0. The molecule has 0 aromatic heterocycles. The smallest absolute Gasteiger partial charge is 0.239 e. The SMILES string of the molecule is COCC(N)C(=O)NC1CC(=O)N(c2cccc(OC)c2)C1.Cl. The van der Waals surface area contributed by atoms with Gasteiger partial charge in [0, 0.05) is 31.8 Å². The molecule has 23 heavy (non-hydrogen) atoms. The third-order valence-corrected chi connectivity index (χ3v) is 3.52. The van der Waals surface area contributed by atoms with Crippen LogP contribution in [0.15, 0.2) is 24.3 Å². The van der Waals surface area contributed by atoms with E-state index in [2.05, 4.69) is 5.32 Å². The average molecular weight is 344 g/mol. The largest absolute Gasteiger partial charge is 0.497 e. The number of anilines is 1. The molecule has 2 amide bonds. The third kappa shape index (κ3) is 4.82. The molecule has 1 aromatic carbocycles. The average Bonchev–Trinajstić information content (AvgIpc) is 2.88. The summed E-state index contributed by atoms with van der Waals surface area (Å²) in [4.78, 5) is 25.6. The van der Waals surface area contributed by atoms with Crippen LogP contribution < -0.4 is 20.7 Å². The second-order valence-corrected chi connectivity index (χ2v) is 5.18. The van der Waals surface area contributed by atoms with E-state index in [9.17, 15) is 9.59 Å². The number of ether oxygens (including phenoxy) is 2. The first-order chi connectivity index (χ1) is 10.5. The lowest BCUT2D eigenvalue weighted by atomic mass is 10.2. The van der Waals surface area contributed by atoms with E-state index in [1.807, 2.05) is 18.2 Å². The van der Waals surface area contributed by atoms with E-state index in [0.29, 0.717) is 12.3 Å². The topological polar surface area (TPSA) is 93.9 Å². The van der Waals surface area contributed by atoms with Crippen LogP contribution in [0.1, 0.15) is 6.42 Å². The molecule has 1 heterocycles. The fraction of sp³-hybridized carbons (Fsp3) is 0.467. The quantitative estimate of drug-likeness (QED) is 0.775. The Morgan fingerprint density at radius 2 is 2.22 bits per heavy atom. The number of carbonyl (C=O) groups excluding carboxylic acids is 2. The van der Waals surface area contributed by atoms with Crippen LogP contribution >= 0.6 is 12.4 Å². The van der Waals surface area contributed by atoms with E-state index < -0.39 is 6.04 Å². The third-order valence-electron chi connectivity index (χ3n) is 3.52. The van der Waals surface area contributed by atoms with E-state index >= 15 is 0 Å². The number of methoxy groups -OCH3 is 2. The second kappa shape index (κ2) is 8.71. The fourth-order valence-corrected chi connectivity index (χ4v) is 2.40. The Kier molecular flexibility index (Phi) is 7.28. The molecule has 0 spiro atoms. The Morgan fingerprint density at radius 1 is 1.48 bits per heavy atom. The molecule has 1 aliphatic rings. The van der Waals surface area contributed by atoms with Gasteiger partial charge in [0.05, 0.1) is 19.8 Å². The van der Waals surface area contributed by atoms with Gasteiger partial charge in [0.1, 0.15) is 11.8 Å². The van der Waals surface area contributed by atoms with Crippen molar-refractivity contribution >= 4 is 29.9 Å². The summed E-state index contributed by atoms with van der Waals surface area (Å²) >= 11 is 0. The van der Waals surface area contributed by atoms with Crippen molar-refractivity contribution in [3.63, 3.8) is 0 Å². The normalized spacial score (nSPS) is 18.3. The Hall–Kier alpha value is -1.83. The minimum atomic E-state index is -0.731. The van der Waals surface area contributed by atoms with Crippen LogP contribution in [0.4, 0.5) is 5.69 Å². The highest BCUT2D eigenvalue weighted by Crippen LogP contribution is 2.25. The van der Waals surface area contributed by atoms with Crippen molar-refractivity contribution in [3.05, 3.63) is 24.3 Å². The van der Waals surface area contributed by atoms with E-state index in [0.717, 1.165) is 5.69 Å². The summed E-state index contributed by atoms with van der Waals surface area (Å²) in [5, 5.41) is 2.78. The first-order valence-corrected chi connectivity index (χ1v) is 7.04. The van der Waals surface area contributed by atoms with Gasteiger partial charge in [-0.3, -0.25) is 9.59 Å². The van der Waals surface area contributed by atoms with Gasteiger partial charge in [-0.1, -0.05) is 6.07 Å². The highest BCUT2D eigenvalue weighted by molar-refractivity contribution is 5.97. The molecule has 0 radical (unpaired) electrons. The van der Waals surface area contributed by atoms with Crippen LogP contribution in [0.2, 0.25) is 0 Å². The number of hydrogen-bond donors (Lipinski definition) is 2. The lowest BCUT2D eigenvalue weighted by Gasteiger charge is -2.19. The van der Waals surface area contributed by atoms with Crippen molar-refractivity contribution in [1.29, 1.82) is 0 Å². The van der Waals surface area contributed by atoms with Gasteiger partial charge in [0.15, 0.2) is 0 Å². The first-order valence-electron chi connectivity index (χ1n) is 7.04.